The lowest BCUT2D eigenvalue weighted by molar-refractivity contribution is -0.384. The smallest absolute Gasteiger partial charge is 0.269 e. The molecule has 1 aliphatic heterocycles. The summed E-state index contributed by atoms with van der Waals surface area (Å²) in [6.07, 6.45) is 0.853. The first kappa shape index (κ1) is 20.3. The maximum absolute atomic E-state index is 12.4. The molecule has 0 radical (unpaired) electrons. The average Bonchev–Trinajstić information content (AvgIpc) is 2.72. The highest BCUT2D eigenvalue weighted by Crippen LogP contribution is 2.27. The van der Waals surface area contributed by atoms with E-state index in [2.05, 4.69) is 4.90 Å². The fourth-order valence-electron chi connectivity index (χ4n) is 3.64. The minimum Gasteiger partial charge on any atom is -0.484 e. The molecule has 0 aromatic heterocycles. The molecule has 2 aromatic rings. The number of piperazine rings is 1. The number of benzene rings is 2. The van der Waals surface area contributed by atoms with E-state index in [4.69, 9.17) is 4.74 Å². The van der Waals surface area contributed by atoms with E-state index < -0.39 is 4.92 Å². The molecule has 0 aliphatic carbocycles. The van der Waals surface area contributed by atoms with Crippen molar-refractivity contribution < 1.29 is 19.2 Å². The number of ether oxygens (including phenoxy) is 1. The van der Waals surface area contributed by atoms with E-state index >= 15 is 0 Å². The highest BCUT2D eigenvalue weighted by molar-refractivity contribution is 5.79. The van der Waals surface area contributed by atoms with E-state index in [1.165, 1.54) is 24.3 Å². The van der Waals surface area contributed by atoms with Crippen LogP contribution >= 0.6 is 0 Å². The van der Waals surface area contributed by atoms with Gasteiger partial charge in [0.05, 0.1) is 4.92 Å². The van der Waals surface area contributed by atoms with E-state index in [0.29, 0.717) is 37.5 Å². The number of nitro groups is 1. The summed E-state index contributed by atoms with van der Waals surface area (Å²) in [7, 11) is 0. The van der Waals surface area contributed by atoms with Crippen LogP contribution in [-0.2, 0) is 4.79 Å². The molecule has 0 bridgehead atoms. The van der Waals surface area contributed by atoms with Crippen molar-refractivity contribution in [2.24, 2.45) is 0 Å². The monoisotopic (exact) mass is 397 g/mol. The second-order valence-corrected chi connectivity index (χ2v) is 7.03. The highest BCUT2D eigenvalue weighted by Gasteiger charge is 2.23. The zero-order valence-corrected chi connectivity index (χ0v) is 16.5. The molecule has 0 spiro atoms. The molecule has 0 N–H and O–H groups in total. The lowest BCUT2D eigenvalue weighted by Crippen LogP contribution is -2.50. The van der Waals surface area contributed by atoms with Gasteiger partial charge in [0.2, 0.25) is 0 Å². The molecule has 0 atom stereocenters. The minimum atomic E-state index is -0.482. The number of carbonyl (C=O) groups is 2. The van der Waals surface area contributed by atoms with Gasteiger partial charge in [0.25, 0.3) is 11.6 Å². The summed E-state index contributed by atoms with van der Waals surface area (Å²) in [6.45, 7) is 6.43. The SMILES string of the molecule is Cc1cc(C=O)cc(C)c1N1CCN(C(=O)COc2ccc([N+](=O)[O-])cc2)CC1. The van der Waals surface area contributed by atoms with Crippen LogP contribution in [0.25, 0.3) is 0 Å². The van der Waals surface area contributed by atoms with Crippen molar-refractivity contribution in [3.05, 3.63) is 63.2 Å². The van der Waals surface area contributed by atoms with E-state index in [1.807, 2.05) is 26.0 Å². The Labute approximate surface area is 168 Å². The third-order valence-electron chi connectivity index (χ3n) is 5.01. The number of aldehydes is 1. The fourth-order valence-corrected chi connectivity index (χ4v) is 3.64. The number of non-ortho nitro benzene ring substituents is 1. The predicted molar refractivity (Wildman–Crippen MR) is 109 cm³/mol. The normalized spacial score (nSPS) is 13.9. The van der Waals surface area contributed by atoms with Gasteiger partial charge in [-0.15, -0.1) is 0 Å². The number of nitrogens with zero attached hydrogens (tertiary/aromatic N) is 3. The van der Waals surface area contributed by atoms with Crippen LogP contribution in [-0.4, -0.2) is 54.8 Å². The van der Waals surface area contributed by atoms with Gasteiger partial charge in [-0.05, 0) is 49.2 Å². The molecule has 1 aliphatic rings. The van der Waals surface area contributed by atoms with Crippen LogP contribution in [0.1, 0.15) is 21.5 Å². The van der Waals surface area contributed by atoms with Crippen LogP contribution in [0, 0.1) is 24.0 Å². The van der Waals surface area contributed by atoms with Crippen LogP contribution in [0.5, 0.6) is 5.75 Å². The first-order valence-electron chi connectivity index (χ1n) is 9.35. The number of amides is 1. The van der Waals surface area contributed by atoms with Crippen LogP contribution in [0.3, 0.4) is 0 Å². The second kappa shape index (κ2) is 8.72. The number of carbonyl (C=O) groups excluding carboxylic acids is 2. The van der Waals surface area contributed by atoms with E-state index in [-0.39, 0.29) is 18.2 Å². The molecule has 0 unspecified atom stereocenters. The van der Waals surface area contributed by atoms with Gasteiger partial charge in [0.15, 0.2) is 6.61 Å². The zero-order valence-electron chi connectivity index (χ0n) is 16.5. The Morgan fingerprint density at radius 1 is 1.10 bits per heavy atom. The second-order valence-electron chi connectivity index (χ2n) is 7.03. The van der Waals surface area contributed by atoms with Crippen LogP contribution < -0.4 is 9.64 Å². The molecule has 1 heterocycles. The molecule has 1 saturated heterocycles. The summed E-state index contributed by atoms with van der Waals surface area (Å²) in [4.78, 5) is 37.7. The Kier molecular flexibility index (Phi) is 6.11. The summed E-state index contributed by atoms with van der Waals surface area (Å²) in [6, 6.07) is 9.42. The van der Waals surface area contributed by atoms with Crippen molar-refractivity contribution >= 4 is 23.6 Å². The zero-order chi connectivity index (χ0) is 21.0. The first-order chi connectivity index (χ1) is 13.9. The summed E-state index contributed by atoms with van der Waals surface area (Å²) in [5.74, 6) is 0.303. The molecular weight excluding hydrogens is 374 g/mol. The van der Waals surface area contributed by atoms with Crippen molar-refractivity contribution in [2.75, 3.05) is 37.7 Å². The van der Waals surface area contributed by atoms with Gasteiger partial charge in [-0.2, -0.15) is 0 Å². The van der Waals surface area contributed by atoms with Crippen LogP contribution in [0.15, 0.2) is 36.4 Å². The maximum atomic E-state index is 12.4. The van der Waals surface area contributed by atoms with Crippen molar-refractivity contribution in [3.8, 4) is 5.75 Å². The number of hydrogen-bond acceptors (Lipinski definition) is 6. The van der Waals surface area contributed by atoms with Gasteiger partial charge >= 0.3 is 0 Å². The first-order valence-corrected chi connectivity index (χ1v) is 9.35. The number of aryl methyl sites for hydroxylation is 2. The number of anilines is 1. The predicted octanol–water partition coefficient (Wildman–Crippen LogP) is 2.75. The topological polar surface area (TPSA) is 93.0 Å². The van der Waals surface area contributed by atoms with Gasteiger partial charge in [-0.25, -0.2) is 0 Å². The third kappa shape index (κ3) is 4.71. The van der Waals surface area contributed by atoms with Gasteiger partial charge in [-0.3, -0.25) is 19.7 Å². The molecular formula is C21H23N3O5. The summed E-state index contributed by atoms with van der Waals surface area (Å²) < 4.78 is 5.47. The lowest BCUT2D eigenvalue weighted by atomic mass is 10.0. The number of nitro benzene ring substituents is 1. The third-order valence-corrected chi connectivity index (χ3v) is 5.01. The Balaban J connectivity index is 1.54. The van der Waals surface area contributed by atoms with Gasteiger partial charge < -0.3 is 14.5 Å². The maximum Gasteiger partial charge on any atom is 0.269 e. The Bertz CT molecular complexity index is 895. The molecule has 8 nitrogen and oxygen atoms in total. The van der Waals surface area contributed by atoms with Crippen molar-refractivity contribution in [1.29, 1.82) is 0 Å². The van der Waals surface area contributed by atoms with Crippen LogP contribution in [0.2, 0.25) is 0 Å². The van der Waals surface area contributed by atoms with Crippen molar-refractivity contribution in [2.45, 2.75) is 13.8 Å². The Hall–Kier alpha value is -3.42. The molecule has 3 rings (SSSR count). The quantitative estimate of drug-likeness (QED) is 0.423. The van der Waals surface area contributed by atoms with E-state index in [0.717, 1.165) is 23.1 Å². The standard InChI is InChI=1S/C21H23N3O5/c1-15-11-17(13-25)12-16(2)21(15)23-9-7-22(8-10-23)20(26)14-29-19-5-3-18(4-6-19)24(27)28/h3-6,11-13H,7-10,14H2,1-2H3. The molecule has 1 amide bonds. The number of rotatable bonds is 6. The van der Waals surface area contributed by atoms with E-state index in [1.54, 1.807) is 4.90 Å². The fraction of sp³-hybridized carbons (Fsp3) is 0.333. The highest BCUT2D eigenvalue weighted by atomic mass is 16.6. The van der Waals surface area contributed by atoms with Gasteiger partial charge in [0, 0.05) is 49.6 Å². The number of hydrogen-bond donors (Lipinski definition) is 0. The molecule has 8 heteroatoms. The van der Waals surface area contributed by atoms with Crippen molar-refractivity contribution in [1.82, 2.24) is 4.90 Å². The molecule has 152 valence electrons. The molecule has 0 saturated carbocycles. The van der Waals surface area contributed by atoms with Crippen LogP contribution in [0.4, 0.5) is 11.4 Å². The molecule has 2 aromatic carbocycles. The largest absolute Gasteiger partial charge is 0.484 e. The summed E-state index contributed by atoms with van der Waals surface area (Å²) >= 11 is 0. The average molecular weight is 397 g/mol. The molecule has 29 heavy (non-hydrogen) atoms. The van der Waals surface area contributed by atoms with E-state index in [9.17, 15) is 19.7 Å². The molecule has 1 fully saturated rings. The Morgan fingerprint density at radius 2 is 1.69 bits per heavy atom. The van der Waals surface area contributed by atoms with Crippen molar-refractivity contribution in [3.63, 3.8) is 0 Å². The lowest BCUT2D eigenvalue weighted by Gasteiger charge is -2.37. The van der Waals surface area contributed by atoms with Gasteiger partial charge in [-0.1, -0.05) is 0 Å². The minimum absolute atomic E-state index is 0.0217. The summed E-state index contributed by atoms with van der Waals surface area (Å²) in [5.41, 5.74) is 3.86. The van der Waals surface area contributed by atoms with Gasteiger partial charge in [0.1, 0.15) is 12.0 Å². The summed E-state index contributed by atoms with van der Waals surface area (Å²) in [5, 5.41) is 10.7. The Morgan fingerprint density at radius 3 is 2.21 bits per heavy atom.